The highest BCUT2D eigenvalue weighted by Crippen LogP contribution is 2.14. The van der Waals surface area contributed by atoms with Gasteiger partial charge in [-0.2, -0.15) is 0 Å². The molecule has 22 heavy (non-hydrogen) atoms. The molecule has 1 amide bonds. The summed E-state index contributed by atoms with van der Waals surface area (Å²) >= 11 is 0. The van der Waals surface area contributed by atoms with Gasteiger partial charge in [-0.1, -0.05) is 0 Å². The molecule has 0 fully saturated rings. The first-order valence-electron chi connectivity index (χ1n) is 5.68. The third-order valence-electron chi connectivity index (χ3n) is 2.59. The molecule has 11 heteroatoms. The van der Waals surface area contributed by atoms with E-state index >= 15 is 0 Å². The van der Waals surface area contributed by atoms with Crippen molar-refractivity contribution < 1.29 is 18.3 Å². The lowest BCUT2D eigenvalue weighted by Crippen LogP contribution is -2.30. The monoisotopic (exact) mass is 326 g/mol. The van der Waals surface area contributed by atoms with E-state index in [1.165, 1.54) is 12.1 Å². The van der Waals surface area contributed by atoms with E-state index in [4.69, 9.17) is 5.14 Å². The van der Waals surface area contributed by atoms with Crippen LogP contribution in [0.1, 0.15) is 10.4 Å². The minimum Gasteiger partial charge on any atom is -0.494 e. The number of hydrogen-bond donors (Lipinski definition) is 5. The second-order valence-corrected chi connectivity index (χ2v) is 5.72. The lowest BCUT2D eigenvalue weighted by molar-refractivity contribution is 0.102. The van der Waals surface area contributed by atoms with Crippen molar-refractivity contribution in [3.8, 4) is 5.88 Å². The van der Waals surface area contributed by atoms with E-state index in [-0.39, 0.29) is 10.6 Å². The maximum atomic E-state index is 11.9. The predicted molar refractivity (Wildman–Crippen MR) is 75.1 cm³/mol. The summed E-state index contributed by atoms with van der Waals surface area (Å²) in [6, 6.07) is 4.80. The highest BCUT2D eigenvalue weighted by Gasteiger charge is 2.18. The molecule has 0 aliphatic rings. The number of primary sulfonamides is 1. The van der Waals surface area contributed by atoms with E-state index < -0.39 is 38.6 Å². The summed E-state index contributed by atoms with van der Waals surface area (Å²) in [5, 5.41) is 16.6. The first-order valence-corrected chi connectivity index (χ1v) is 7.23. The van der Waals surface area contributed by atoms with E-state index in [2.05, 4.69) is 5.32 Å². The maximum Gasteiger partial charge on any atom is 0.328 e. The molecule has 0 unspecified atom stereocenters. The fourth-order valence-electron chi connectivity index (χ4n) is 1.61. The normalized spacial score (nSPS) is 11.1. The van der Waals surface area contributed by atoms with Crippen LogP contribution in [0, 0.1) is 0 Å². The van der Waals surface area contributed by atoms with Crippen LogP contribution >= 0.6 is 0 Å². The Balaban J connectivity index is 2.30. The van der Waals surface area contributed by atoms with Gasteiger partial charge in [0.25, 0.3) is 11.5 Å². The molecule has 0 saturated heterocycles. The second-order valence-electron chi connectivity index (χ2n) is 4.16. The molecule has 0 atom stereocenters. The highest BCUT2D eigenvalue weighted by molar-refractivity contribution is 7.89. The van der Waals surface area contributed by atoms with Crippen LogP contribution < -0.4 is 21.7 Å². The van der Waals surface area contributed by atoms with Gasteiger partial charge < -0.3 is 10.4 Å². The Bertz CT molecular complexity index is 942. The highest BCUT2D eigenvalue weighted by atomic mass is 32.2. The van der Waals surface area contributed by atoms with Crippen molar-refractivity contribution in [3.63, 3.8) is 0 Å². The summed E-state index contributed by atoms with van der Waals surface area (Å²) in [5.74, 6) is -1.87. The van der Waals surface area contributed by atoms with Crippen LogP contribution in [0.4, 0.5) is 5.69 Å². The van der Waals surface area contributed by atoms with E-state index in [1.54, 1.807) is 4.98 Å². The van der Waals surface area contributed by atoms with E-state index in [9.17, 15) is 27.9 Å². The molecule has 0 aliphatic carbocycles. The van der Waals surface area contributed by atoms with Gasteiger partial charge in [-0.3, -0.25) is 19.6 Å². The molecule has 6 N–H and O–H groups in total. The van der Waals surface area contributed by atoms with Crippen molar-refractivity contribution in [1.29, 1.82) is 0 Å². The Morgan fingerprint density at radius 1 is 1.14 bits per heavy atom. The summed E-state index contributed by atoms with van der Waals surface area (Å²) < 4.78 is 22.2. The van der Waals surface area contributed by atoms with Gasteiger partial charge >= 0.3 is 5.69 Å². The maximum absolute atomic E-state index is 11.9. The average Bonchev–Trinajstić information content (AvgIpc) is 2.36. The van der Waals surface area contributed by atoms with Gasteiger partial charge in [-0.15, -0.1) is 0 Å². The topological polar surface area (TPSA) is 175 Å². The molecule has 0 spiro atoms. The molecule has 0 aliphatic heterocycles. The van der Waals surface area contributed by atoms with Crippen LogP contribution in [0.15, 0.2) is 38.8 Å². The van der Waals surface area contributed by atoms with E-state index in [0.29, 0.717) is 0 Å². The largest absolute Gasteiger partial charge is 0.494 e. The SMILES string of the molecule is NS(=O)(=O)c1ccc(NC(=O)c2c(O)[nH]c(=O)[nH]c2=O)cc1. The van der Waals surface area contributed by atoms with Gasteiger partial charge in [0, 0.05) is 5.69 Å². The summed E-state index contributed by atoms with van der Waals surface area (Å²) in [6.45, 7) is 0. The minimum atomic E-state index is -3.87. The van der Waals surface area contributed by atoms with Gasteiger partial charge in [-0.25, -0.2) is 18.4 Å². The zero-order valence-corrected chi connectivity index (χ0v) is 11.6. The molecular formula is C11H10N4O6S. The number of benzene rings is 1. The first kappa shape index (κ1) is 15.5. The van der Waals surface area contributed by atoms with Crippen molar-refractivity contribution in [2.24, 2.45) is 5.14 Å². The number of nitrogens with one attached hydrogen (secondary N) is 3. The molecule has 116 valence electrons. The molecule has 1 aromatic heterocycles. The number of aromatic amines is 2. The number of aromatic hydroxyl groups is 1. The number of sulfonamides is 1. The van der Waals surface area contributed by atoms with Gasteiger partial charge in [0.2, 0.25) is 15.9 Å². The zero-order valence-electron chi connectivity index (χ0n) is 10.8. The number of anilines is 1. The summed E-state index contributed by atoms with van der Waals surface area (Å²) in [4.78, 5) is 37.8. The number of carbonyl (C=O) groups is 1. The first-order chi connectivity index (χ1) is 10.2. The Labute approximate surface area is 122 Å². The molecule has 10 nitrogen and oxygen atoms in total. The summed E-state index contributed by atoms with van der Waals surface area (Å²) in [7, 11) is -3.87. The third-order valence-corrected chi connectivity index (χ3v) is 3.52. The summed E-state index contributed by atoms with van der Waals surface area (Å²) in [5.41, 5.74) is -2.56. The zero-order chi connectivity index (χ0) is 16.5. The van der Waals surface area contributed by atoms with E-state index in [1.807, 2.05) is 4.98 Å². The molecule has 2 rings (SSSR count). The molecule has 2 aromatic rings. The average molecular weight is 326 g/mol. The molecule has 1 aromatic carbocycles. The number of carbonyl (C=O) groups excluding carboxylic acids is 1. The number of hydrogen-bond acceptors (Lipinski definition) is 6. The molecule has 0 radical (unpaired) electrons. The van der Waals surface area contributed by atoms with Crippen LogP contribution in [-0.2, 0) is 10.0 Å². The van der Waals surface area contributed by atoms with Gasteiger partial charge in [-0.05, 0) is 24.3 Å². The van der Waals surface area contributed by atoms with Crippen LogP contribution in [0.5, 0.6) is 5.88 Å². The number of aromatic nitrogens is 2. The van der Waals surface area contributed by atoms with Crippen LogP contribution in [0.2, 0.25) is 0 Å². The number of rotatable bonds is 3. The minimum absolute atomic E-state index is 0.155. The van der Waals surface area contributed by atoms with Crippen molar-refractivity contribution >= 4 is 21.6 Å². The van der Waals surface area contributed by atoms with Crippen molar-refractivity contribution in [2.75, 3.05) is 5.32 Å². The van der Waals surface area contributed by atoms with Crippen LogP contribution in [0.25, 0.3) is 0 Å². The Morgan fingerprint density at radius 2 is 1.73 bits per heavy atom. The van der Waals surface area contributed by atoms with Gasteiger partial charge in [0.05, 0.1) is 4.90 Å². The third kappa shape index (κ3) is 3.21. The fourth-order valence-corrected chi connectivity index (χ4v) is 2.12. The standard InChI is InChI=1S/C11H10N4O6S/c12-22(20,21)6-3-1-5(2-4-6)13-8(16)7-9(17)14-11(19)15-10(7)18/h1-4H,(H,13,16)(H2,12,20,21)(H3,14,15,17,18,19). The van der Waals surface area contributed by atoms with Gasteiger partial charge in [0.15, 0.2) is 5.56 Å². The molecule has 1 heterocycles. The van der Waals surface area contributed by atoms with E-state index in [0.717, 1.165) is 12.1 Å². The molecule has 0 bridgehead atoms. The fraction of sp³-hybridized carbons (Fsp3) is 0. The Hall–Kier alpha value is -2.92. The lowest BCUT2D eigenvalue weighted by Gasteiger charge is -2.06. The smallest absolute Gasteiger partial charge is 0.328 e. The predicted octanol–water partition coefficient (Wildman–Crippen LogP) is -1.33. The van der Waals surface area contributed by atoms with Crippen LogP contribution in [-0.4, -0.2) is 29.4 Å². The Morgan fingerprint density at radius 3 is 2.23 bits per heavy atom. The molecular weight excluding hydrogens is 316 g/mol. The van der Waals surface area contributed by atoms with Crippen molar-refractivity contribution in [2.45, 2.75) is 4.90 Å². The Kier molecular flexibility index (Phi) is 3.84. The number of nitrogens with two attached hydrogens (primary N) is 1. The van der Waals surface area contributed by atoms with Gasteiger partial charge in [0.1, 0.15) is 0 Å². The number of amides is 1. The second kappa shape index (κ2) is 5.46. The van der Waals surface area contributed by atoms with Crippen molar-refractivity contribution in [3.05, 3.63) is 50.7 Å². The summed E-state index contributed by atoms with van der Waals surface area (Å²) in [6.07, 6.45) is 0. The van der Waals surface area contributed by atoms with Crippen LogP contribution in [0.3, 0.4) is 0 Å². The molecule has 0 saturated carbocycles. The quantitative estimate of drug-likeness (QED) is 0.466. The van der Waals surface area contributed by atoms with Crippen molar-refractivity contribution in [1.82, 2.24) is 9.97 Å². The lowest BCUT2D eigenvalue weighted by atomic mass is 10.2. The number of H-pyrrole nitrogens is 2.